The van der Waals surface area contributed by atoms with Crippen LogP contribution in [-0.2, 0) is 0 Å². The number of aromatic nitrogens is 1. The molecule has 0 saturated carbocycles. The number of carbonyl (C=O) groups is 1. The highest BCUT2D eigenvalue weighted by Crippen LogP contribution is 2.38. The van der Waals surface area contributed by atoms with E-state index in [9.17, 15) is 23.1 Å². The lowest BCUT2D eigenvalue weighted by Gasteiger charge is -2.39. The minimum Gasteiger partial charge on any atom is -0.380 e. The molecule has 1 N–H and O–H groups in total. The average Bonchev–Trinajstić information content (AvgIpc) is 2.47. The summed E-state index contributed by atoms with van der Waals surface area (Å²) in [7, 11) is 0. The van der Waals surface area contributed by atoms with Gasteiger partial charge in [-0.1, -0.05) is 6.92 Å². The fraction of sp³-hybridized carbons (Fsp3) is 0.571. The highest BCUT2D eigenvalue weighted by atomic mass is 32.2. The number of aliphatic hydroxyl groups is 1. The summed E-state index contributed by atoms with van der Waals surface area (Å²) < 4.78 is 38.2. The highest BCUT2D eigenvalue weighted by molar-refractivity contribution is 7.99. The maximum Gasteiger partial charge on any atom is 0.417 e. The summed E-state index contributed by atoms with van der Waals surface area (Å²) in [4.78, 5) is 17.8. The second-order valence-electron chi connectivity index (χ2n) is 5.14. The van der Waals surface area contributed by atoms with Gasteiger partial charge in [0.1, 0.15) is 0 Å². The lowest BCUT2D eigenvalue weighted by Crippen LogP contribution is -2.54. The van der Waals surface area contributed by atoms with Crippen LogP contribution in [0.2, 0.25) is 0 Å². The molecule has 0 aliphatic carbocycles. The second kappa shape index (κ2) is 6.45. The number of nitrogens with zero attached hydrogens (tertiary/aromatic N) is 2. The summed E-state index contributed by atoms with van der Waals surface area (Å²) in [5.41, 5.74) is -2.28. The number of alkyl halides is 3. The molecule has 1 amide bonds. The van der Waals surface area contributed by atoms with Crippen LogP contribution in [0.1, 0.15) is 30.1 Å². The van der Waals surface area contributed by atoms with Crippen LogP contribution in [0.3, 0.4) is 0 Å². The minimum absolute atomic E-state index is 0.118. The molecule has 1 fully saturated rings. The SMILES string of the molecule is CCSc1cc(C(=O)N2CCC(O)(C(F)(F)F)CC2)ccn1. The largest absolute Gasteiger partial charge is 0.417 e. The number of piperidine rings is 1. The van der Waals surface area contributed by atoms with E-state index in [-0.39, 0.29) is 19.0 Å². The zero-order valence-corrected chi connectivity index (χ0v) is 12.9. The van der Waals surface area contributed by atoms with E-state index in [4.69, 9.17) is 0 Å². The van der Waals surface area contributed by atoms with Gasteiger partial charge in [0.2, 0.25) is 0 Å². The number of likely N-dealkylation sites (tertiary alicyclic amines) is 1. The average molecular weight is 334 g/mol. The van der Waals surface area contributed by atoms with Gasteiger partial charge >= 0.3 is 6.18 Å². The van der Waals surface area contributed by atoms with E-state index in [1.807, 2.05) is 6.92 Å². The Morgan fingerprint density at radius 3 is 2.64 bits per heavy atom. The Hall–Kier alpha value is -1.28. The molecule has 1 aromatic heterocycles. The summed E-state index contributed by atoms with van der Waals surface area (Å²) in [6.07, 6.45) is -4.14. The molecule has 1 aromatic rings. The lowest BCUT2D eigenvalue weighted by molar-refractivity contribution is -0.271. The first-order chi connectivity index (χ1) is 10.3. The number of halogens is 3. The van der Waals surface area contributed by atoms with Gasteiger partial charge in [-0.2, -0.15) is 13.2 Å². The third-order valence-corrected chi connectivity index (χ3v) is 4.49. The number of hydrogen-bond acceptors (Lipinski definition) is 4. The molecule has 0 atom stereocenters. The molecule has 0 bridgehead atoms. The number of hydrogen-bond donors (Lipinski definition) is 1. The summed E-state index contributed by atoms with van der Waals surface area (Å²) in [5, 5.41) is 10.3. The van der Waals surface area contributed by atoms with Gasteiger partial charge in [-0.3, -0.25) is 4.79 Å². The molecule has 1 saturated heterocycles. The summed E-state index contributed by atoms with van der Waals surface area (Å²) in [6, 6.07) is 3.19. The van der Waals surface area contributed by atoms with Gasteiger partial charge < -0.3 is 10.0 Å². The van der Waals surface area contributed by atoms with Gasteiger partial charge in [-0.15, -0.1) is 11.8 Å². The van der Waals surface area contributed by atoms with Crippen molar-refractivity contribution in [3.63, 3.8) is 0 Å². The molecule has 1 aliphatic heterocycles. The van der Waals surface area contributed by atoms with Crippen molar-refractivity contribution in [2.24, 2.45) is 0 Å². The van der Waals surface area contributed by atoms with Crippen LogP contribution in [0, 0.1) is 0 Å². The number of thioether (sulfide) groups is 1. The van der Waals surface area contributed by atoms with E-state index >= 15 is 0 Å². The van der Waals surface area contributed by atoms with Crippen molar-refractivity contribution in [2.75, 3.05) is 18.8 Å². The molecule has 2 rings (SSSR count). The number of pyridine rings is 1. The molecular formula is C14H17F3N2O2S. The molecule has 2 heterocycles. The molecule has 8 heteroatoms. The first-order valence-corrected chi connectivity index (χ1v) is 7.92. The molecule has 0 aromatic carbocycles. The van der Waals surface area contributed by atoms with Crippen molar-refractivity contribution in [2.45, 2.75) is 36.6 Å². The van der Waals surface area contributed by atoms with E-state index in [1.165, 1.54) is 22.9 Å². The summed E-state index contributed by atoms with van der Waals surface area (Å²) in [6.45, 7) is 1.73. The van der Waals surface area contributed by atoms with Crippen LogP contribution in [-0.4, -0.2) is 51.5 Å². The maximum absolute atomic E-state index is 12.7. The molecule has 1 aliphatic rings. The zero-order chi connectivity index (χ0) is 16.4. The van der Waals surface area contributed by atoms with Crippen LogP contribution in [0.4, 0.5) is 13.2 Å². The Kier molecular flexibility index (Phi) is 5.01. The van der Waals surface area contributed by atoms with Gasteiger partial charge in [0, 0.05) is 37.7 Å². The van der Waals surface area contributed by atoms with Crippen molar-refractivity contribution < 1.29 is 23.1 Å². The van der Waals surface area contributed by atoms with Gasteiger partial charge in [0.25, 0.3) is 5.91 Å². The van der Waals surface area contributed by atoms with Crippen LogP contribution in [0.5, 0.6) is 0 Å². The first kappa shape index (κ1) is 17.1. The fourth-order valence-electron chi connectivity index (χ4n) is 2.32. The number of rotatable bonds is 3. The number of amides is 1. The quantitative estimate of drug-likeness (QED) is 0.864. The molecule has 0 spiro atoms. The van der Waals surface area contributed by atoms with E-state index in [0.29, 0.717) is 10.6 Å². The smallest absolute Gasteiger partial charge is 0.380 e. The Labute approximate surface area is 130 Å². The normalized spacial score (nSPS) is 18.3. The molecule has 0 radical (unpaired) electrons. The lowest BCUT2D eigenvalue weighted by atomic mass is 9.90. The minimum atomic E-state index is -4.66. The van der Waals surface area contributed by atoms with Gasteiger partial charge in [-0.25, -0.2) is 4.98 Å². The predicted octanol–water partition coefficient (Wildman–Crippen LogP) is 2.72. The van der Waals surface area contributed by atoms with E-state index in [0.717, 1.165) is 5.75 Å². The topological polar surface area (TPSA) is 53.4 Å². The van der Waals surface area contributed by atoms with Crippen molar-refractivity contribution >= 4 is 17.7 Å². The molecule has 4 nitrogen and oxygen atoms in total. The zero-order valence-electron chi connectivity index (χ0n) is 12.1. The third kappa shape index (κ3) is 3.55. The molecule has 122 valence electrons. The molecule has 0 unspecified atom stereocenters. The predicted molar refractivity (Wildman–Crippen MR) is 76.8 cm³/mol. The Balaban J connectivity index is 2.05. The number of carbonyl (C=O) groups excluding carboxylic acids is 1. The monoisotopic (exact) mass is 334 g/mol. The molecular weight excluding hydrogens is 317 g/mol. The van der Waals surface area contributed by atoms with Crippen LogP contribution in [0.15, 0.2) is 23.4 Å². The van der Waals surface area contributed by atoms with Crippen LogP contribution in [0.25, 0.3) is 0 Å². The highest BCUT2D eigenvalue weighted by Gasteiger charge is 2.54. The molecule has 22 heavy (non-hydrogen) atoms. The second-order valence-corrected chi connectivity index (χ2v) is 6.42. The van der Waals surface area contributed by atoms with Gasteiger partial charge in [0.15, 0.2) is 5.60 Å². The van der Waals surface area contributed by atoms with Gasteiger partial charge in [-0.05, 0) is 17.9 Å². The van der Waals surface area contributed by atoms with Crippen LogP contribution >= 0.6 is 11.8 Å². The first-order valence-electron chi connectivity index (χ1n) is 6.94. The summed E-state index contributed by atoms with van der Waals surface area (Å²) >= 11 is 1.49. The van der Waals surface area contributed by atoms with Crippen molar-refractivity contribution in [1.82, 2.24) is 9.88 Å². The van der Waals surface area contributed by atoms with E-state index < -0.39 is 24.6 Å². The Bertz CT molecular complexity index is 543. The van der Waals surface area contributed by atoms with Crippen LogP contribution < -0.4 is 0 Å². The van der Waals surface area contributed by atoms with E-state index in [1.54, 1.807) is 12.1 Å². The Morgan fingerprint density at radius 1 is 1.45 bits per heavy atom. The fourth-order valence-corrected chi connectivity index (χ4v) is 2.96. The summed E-state index contributed by atoms with van der Waals surface area (Å²) in [5.74, 6) is 0.483. The van der Waals surface area contributed by atoms with Crippen molar-refractivity contribution in [1.29, 1.82) is 0 Å². The van der Waals surface area contributed by atoms with E-state index in [2.05, 4.69) is 4.98 Å². The third-order valence-electron chi connectivity index (χ3n) is 3.68. The van der Waals surface area contributed by atoms with Crippen molar-refractivity contribution in [3.05, 3.63) is 23.9 Å². The standard InChI is InChI=1S/C14H17F3N2O2S/c1-2-22-11-9-10(3-6-18-11)12(20)19-7-4-13(21,5-8-19)14(15,16)17/h3,6,9,21H,2,4-5,7-8H2,1H3. The van der Waals surface area contributed by atoms with Gasteiger partial charge in [0.05, 0.1) is 5.03 Å². The Morgan fingerprint density at radius 2 is 2.09 bits per heavy atom. The maximum atomic E-state index is 12.7. The van der Waals surface area contributed by atoms with Crippen molar-refractivity contribution in [3.8, 4) is 0 Å².